The minimum absolute atomic E-state index is 0.281. The van der Waals surface area contributed by atoms with Gasteiger partial charge in [-0.3, -0.25) is 0 Å². The number of hydrogen-bond donors (Lipinski definition) is 1. The van der Waals surface area contributed by atoms with Crippen LogP contribution >= 0.6 is 0 Å². The Hall–Kier alpha value is -1.09. The Morgan fingerprint density at radius 1 is 1.58 bits per heavy atom. The van der Waals surface area contributed by atoms with Crippen LogP contribution in [0.1, 0.15) is 13.3 Å². The molecule has 1 N–H and O–H groups in total. The molecule has 0 spiro atoms. The predicted molar refractivity (Wildman–Crippen MR) is 44.5 cm³/mol. The SMILES string of the molecule is CCOC(=O)C1(O)C=CCC=C1. The van der Waals surface area contributed by atoms with Gasteiger partial charge in [-0.25, -0.2) is 4.79 Å². The topological polar surface area (TPSA) is 46.5 Å². The van der Waals surface area contributed by atoms with Gasteiger partial charge in [-0.1, -0.05) is 12.2 Å². The lowest BCUT2D eigenvalue weighted by molar-refractivity contribution is -0.156. The van der Waals surface area contributed by atoms with Gasteiger partial charge >= 0.3 is 5.97 Å². The summed E-state index contributed by atoms with van der Waals surface area (Å²) in [6.45, 7) is 1.99. The lowest BCUT2D eigenvalue weighted by Gasteiger charge is -2.19. The Kier molecular flexibility index (Phi) is 2.65. The third kappa shape index (κ3) is 1.74. The van der Waals surface area contributed by atoms with Crippen LogP contribution in [0, 0.1) is 0 Å². The molecule has 0 unspecified atom stereocenters. The summed E-state index contributed by atoms with van der Waals surface area (Å²) in [5.74, 6) is -0.614. The van der Waals surface area contributed by atoms with E-state index in [-0.39, 0.29) is 6.61 Å². The van der Waals surface area contributed by atoms with Crippen LogP contribution in [-0.2, 0) is 9.53 Å². The van der Waals surface area contributed by atoms with Crippen LogP contribution in [0.3, 0.4) is 0 Å². The van der Waals surface area contributed by atoms with Gasteiger partial charge in [0.1, 0.15) is 0 Å². The molecule has 1 rings (SSSR count). The average Bonchev–Trinajstić information content (AvgIpc) is 2.06. The molecule has 0 saturated carbocycles. The number of allylic oxidation sites excluding steroid dienone is 2. The van der Waals surface area contributed by atoms with Gasteiger partial charge in [-0.05, 0) is 25.5 Å². The maximum absolute atomic E-state index is 11.1. The van der Waals surface area contributed by atoms with Crippen LogP contribution in [0.4, 0.5) is 0 Å². The number of hydrogen-bond acceptors (Lipinski definition) is 3. The van der Waals surface area contributed by atoms with Crippen molar-refractivity contribution < 1.29 is 14.6 Å². The van der Waals surface area contributed by atoms with Crippen LogP contribution in [-0.4, -0.2) is 23.3 Å². The maximum Gasteiger partial charge on any atom is 0.346 e. The summed E-state index contributed by atoms with van der Waals surface area (Å²) in [6, 6.07) is 0. The number of carbonyl (C=O) groups excluding carboxylic acids is 1. The highest BCUT2D eigenvalue weighted by atomic mass is 16.5. The van der Waals surface area contributed by atoms with Crippen LogP contribution in [0.2, 0.25) is 0 Å². The highest BCUT2D eigenvalue weighted by molar-refractivity contribution is 5.84. The third-order valence-electron chi connectivity index (χ3n) is 1.62. The van der Waals surface area contributed by atoms with Crippen LogP contribution in [0.15, 0.2) is 24.3 Å². The Bertz CT molecular complexity index is 216. The standard InChI is InChI=1S/C9H12O3/c1-2-12-8(10)9(11)6-4-3-5-7-9/h4-7,11H,2-3H2,1H3. The lowest BCUT2D eigenvalue weighted by Crippen LogP contribution is -2.36. The molecule has 0 fully saturated rings. The molecule has 0 atom stereocenters. The van der Waals surface area contributed by atoms with E-state index in [1.807, 2.05) is 0 Å². The molecule has 12 heavy (non-hydrogen) atoms. The smallest absolute Gasteiger partial charge is 0.346 e. The second kappa shape index (κ2) is 3.54. The molecule has 3 heteroatoms. The van der Waals surface area contributed by atoms with Gasteiger partial charge in [0.25, 0.3) is 0 Å². The minimum Gasteiger partial charge on any atom is -0.463 e. The molecule has 1 aliphatic rings. The van der Waals surface area contributed by atoms with Crippen LogP contribution in [0.5, 0.6) is 0 Å². The first-order valence-electron chi connectivity index (χ1n) is 3.94. The highest BCUT2D eigenvalue weighted by Gasteiger charge is 2.32. The molecule has 0 radical (unpaired) electrons. The van der Waals surface area contributed by atoms with Gasteiger partial charge in [0.15, 0.2) is 5.60 Å². The Labute approximate surface area is 71.3 Å². The Balaban J connectivity index is 2.70. The molecule has 0 aliphatic heterocycles. The van der Waals surface area contributed by atoms with Crippen molar-refractivity contribution in [1.29, 1.82) is 0 Å². The summed E-state index contributed by atoms with van der Waals surface area (Å²) in [7, 11) is 0. The quantitative estimate of drug-likeness (QED) is 0.490. The number of esters is 1. The fourth-order valence-corrected chi connectivity index (χ4v) is 1.01. The van der Waals surface area contributed by atoms with Gasteiger partial charge in [0.05, 0.1) is 6.61 Å². The normalized spacial score (nSPS) is 19.2. The average molecular weight is 168 g/mol. The Morgan fingerprint density at radius 2 is 2.17 bits per heavy atom. The number of rotatable bonds is 2. The molecule has 0 bridgehead atoms. The molecule has 0 saturated heterocycles. The van der Waals surface area contributed by atoms with Crippen LogP contribution in [0.25, 0.3) is 0 Å². The fourth-order valence-electron chi connectivity index (χ4n) is 1.01. The van der Waals surface area contributed by atoms with E-state index in [2.05, 4.69) is 0 Å². The van der Waals surface area contributed by atoms with Crippen molar-refractivity contribution in [3.05, 3.63) is 24.3 Å². The molecule has 0 amide bonds. The Morgan fingerprint density at radius 3 is 2.67 bits per heavy atom. The second-order valence-electron chi connectivity index (χ2n) is 2.59. The number of aliphatic hydroxyl groups is 1. The summed E-state index contributed by atoms with van der Waals surface area (Å²) < 4.78 is 4.69. The first-order valence-corrected chi connectivity index (χ1v) is 3.94. The lowest BCUT2D eigenvalue weighted by atomic mass is 9.98. The van der Waals surface area contributed by atoms with Gasteiger partial charge in [-0.2, -0.15) is 0 Å². The van der Waals surface area contributed by atoms with Crippen molar-refractivity contribution in [2.75, 3.05) is 6.61 Å². The van der Waals surface area contributed by atoms with Crippen LogP contribution < -0.4 is 0 Å². The summed E-state index contributed by atoms with van der Waals surface area (Å²) in [6.07, 6.45) is 7.12. The summed E-state index contributed by atoms with van der Waals surface area (Å²) in [4.78, 5) is 11.1. The van der Waals surface area contributed by atoms with E-state index >= 15 is 0 Å². The zero-order chi connectivity index (χ0) is 9.03. The molecular weight excluding hydrogens is 156 g/mol. The first kappa shape index (κ1) is 9.00. The van der Waals surface area contributed by atoms with E-state index in [0.717, 1.165) is 6.42 Å². The van der Waals surface area contributed by atoms with E-state index in [1.165, 1.54) is 12.2 Å². The van der Waals surface area contributed by atoms with Gasteiger partial charge in [0.2, 0.25) is 0 Å². The molecule has 1 aliphatic carbocycles. The molecular formula is C9H12O3. The van der Waals surface area contributed by atoms with Crippen molar-refractivity contribution in [1.82, 2.24) is 0 Å². The molecule has 3 nitrogen and oxygen atoms in total. The minimum atomic E-state index is -1.53. The predicted octanol–water partition coefficient (Wildman–Crippen LogP) is 0.797. The summed E-state index contributed by atoms with van der Waals surface area (Å²) in [5, 5.41) is 9.62. The highest BCUT2D eigenvalue weighted by Crippen LogP contribution is 2.16. The molecule has 0 aromatic carbocycles. The molecule has 0 heterocycles. The summed E-state index contributed by atoms with van der Waals surface area (Å²) in [5.41, 5.74) is -1.53. The number of carbonyl (C=O) groups is 1. The monoisotopic (exact) mass is 168 g/mol. The zero-order valence-corrected chi connectivity index (χ0v) is 6.99. The molecule has 66 valence electrons. The van der Waals surface area contributed by atoms with E-state index in [0.29, 0.717) is 0 Å². The maximum atomic E-state index is 11.1. The fraction of sp³-hybridized carbons (Fsp3) is 0.444. The number of ether oxygens (including phenoxy) is 1. The van der Waals surface area contributed by atoms with E-state index in [9.17, 15) is 9.90 Å². The van der Waals surface area contributed by atoms with Crippen molar-refractivity contribution in [3.63, 3.8) is 0 Å². The van der Waals surface area contributed by atoms with Crippen molar-refractivity contribution in [2.45, 2.75) is 18.9 Å². The van der Waals surface area contributed by atoms with E-state index < -0.39 is 11.6 Å². The summed E-state index contributed by atoms with van der Waals surface area (Å²) >= 11 is 0. The third-order valence-corrected chi connectivity index (χ3v) is 1.62. The molecule has 0 aromatic rings. The van der Waals surface area contributed by atoms with Gasteiger partial charge in [-0.15, -0.1) is 0 Å². The van der Waals surface area contributed by atoms with Crippen molar-refractivity contribution in [3.8, 4) is 0 Å². The molecule has 0 aromatic heterocycles. The van der Waals surface area contributed by atoms with E-state index in [4.69, 9.17) is 4.74 Å². The van der Waals surface area contributed by atoms with Gasteiger partial charge < -0.3 is 9.84 Å². The van der Waals surface area contributed by atoms with Crippen molar-refractivity contribution in [2.24, 2.45) is 0 Å². The van der Waals surface area contributed by atoms with Crippen molar-refractivity contribution >= 4 is 5.97 Å². The van der Waals surface area contributed by atoms with Gasteiger partial charge in [0, 0.05) is 0 Å². The zero-order valence-electron chi connectivity index (χ0n) is 6.99. The van der Waals surface area contributed by atoms with E-state index in [1.54, 1.807) is 19.1 Å². The second-order valence-corrected chi connectivity index (χ2v) is 2.59. The largest absolute Gasteiger partial charge is 0.463 e. The first-order chi connectivity index (χ1) is 5.69.